The van der Waals surface area contributed by atoms with Crippen molar-refractivity contribution in [3.8, 4) is 5.75 Å². The van der Waals surface area contributed by atoms with E-state index in [4.69, 9.17) is 9.26 Å². The molecule has 3 fully saturated rings. The van der Waals surface area contributed by atoms with Crippen molar-refractivity contribution in [1.29, 1.82) is 0 Å². The van der Waals surface area contributed by atoms with Gasteiger partial charge in [-0.2, -0.15) is 0 Å². The number of hydrogen-bond donors (Lipinski definition) is 5. The molecule has 2 saturated heterocycles. The number of carbonyl (C=O) groups excluding carboxylic acids is 4. The number of carbonyl (C=O) groups is 4. The summed E-state index contributed by atoms with van der Waals surface area (Å²) in [4.78, 5) is 72.9. The molecule has 14 nitrogen and oxygen atoms in total. The monoisotopic (exact) mass is 606 g/mol. The smallest absolute Gasteiger partial charge is 0.471 e. The van der Waals surface area contributed by atoms with E-state index in [9.17, 15) is 38.6 Å². The van der Waals surface area contributed by atoms with Gasteiger partial charge in [-0.3, -0.25) is 23.7 Å². The zero-order valence-corrected chi connectivity index (χ0v) is 24.0. The fourth-order valence-electron chi connectivity index (χ4n) is 6.67. The molecule has 15 heteroatoms. The molecular formula is C27H35N4O10P. The fraction of sp³-hybridized carbons (Fsp3) is 0.556. The van der Waals surface area contributed by atoms with Crippen LogP contribution in [0.4, 0.5) is 0 Å². The number of likely N-dealkylation sites (tertiary alicyclic amines) is 1. The zero-order valence-electron chi connectivity index (χ0n) is 23.1. The Bertz CT molecular complexity index is 1440. The van der Waals surface area contributed by atoms with Crippen LogP contribution in [0.5, 0.6) is 5.75 Å². The minimum Gasteiger partial charge on any atom is -0.496 e. The first kappa shape index (κ1) is 30.2. The van der Waals surface area contributed by atoms with Crippen LogP contribution < -0.4 is 15.4 Å². The number of ether oxygens (including phenoxy) is 1. The van der Waals surface area contributed by atoms with Gasteiger partial charge in [0.25, 0.3) is 5.91 Å². The number of rotatable bonds is 11. The van der Waals surface area contributed by atoms with E-state index in [1.165, 1.54) is 16.6 Å². The average molecular weight is 607 g/mol. The third-order valence-corrected chi connectivity index (χ3v) is 9.12. The molecule has 228 valence electrons. The van der Waals surface area contributed by atoms with Crippen LogP contribution >= 0.6 is 7.82 Å². The number of ketones is 1. The van der Waals surface area contributed by atoms with Gasteiger partial charge in [-0.15, -0.1) is 0 Å². The van der Waals surface area contributed by atoms with Crippen LogP contribution in [0.25, 0.3) is 10.9 Å². The van der Waals surface area contributed by atoms with Gasteiger partial charge in [0.15, 0.2) is 5.78 Å². The van der Waals surface area contributed by atoms with Crippen molar-refractivity contribution in [3.05, 3.63) is 30.0 Å². The molecule has 1 unspecified atom stereocenters. The Hall–Kier alpha value is -3.29. The number of methoxy groups -OCH3 is 1. The molecule has 42 heavy (non-hydrogen) atoms. The lowest BCUT2D eigenvalue weighted by Gasteiger charge is -2.29. The Labute approximate surface area is 241 Å². The highest BCUT2D eigenvalue weighted by Gasteiger charge is 2.50. The molecule has 1 aromatic carbocycles. The summed E-state index contributed by atoms with van der Waals surface area (Å²) in [6.45, 7) is -0.684. The number of fused-ring (bicyclic) bond motifs is 2. The summed E-state index contributed by atoms with van der Waals surface area (Å²) in [6.07, 6.45) is 2.95. The molecule has 2 aliphatic heterocycles. The van der Waals surface area contributed by atoms with E-state index in [-0.39, 0.29) is 36.4 Å². The Morgan fingerprint density at radius 3 is 2.67 bits per heavy atom. The summed E-state index contributed by atoms with van der Waals surface area (Å²) in [5.74, 6) is -2.08. The summed E-state index contributed by atoms with van der Waals surface area (Å²) in [5, 5.41) is 15.5. The summed E-state index contributed by atoms with van der Waals surface area (Å²) in [6, 6.07) is 4.53. The second-order valence-corrected chi connectivity index (χ2v) is 12.3. The summed E-state index contributed by atoms with van der Waals surface area (Å²) in [5.41, 5.74) is 0.487. The predicted molar refractivity (Wildman–Crippen MR) is 147 cm³/mol. The molecule has 2 aromatic rings. The van der Waals surface area contributed by atoms with Gasteiger partial charge in [-0.05, 0) is 55.7 Å². The van der Waals surface area contributed by atoms with Crippen molar-refractivity contribution < 1.29 is 47.9 Å². The maximum absolute atomic E-state index is 14.2. The Morgan fingerprint density at radius 1 is 1.21 bits per heavy atom. The first-order chi connectivity index (χ1) is 20.0. The topological polar surface area (TPSA) is 197 Å². The highest BCUT2D eigenvalue weighted by Crippen LogP contribution is 2.44. The molecule has 5 rings (SSSR count). The highest BCUT2D eigenvalue weighted by molar-refractivity contribution is 7.46. The second-order valence-electron chi connectivity index (χ2n) is 11.1. The second kappa shape index (κ2) is 12.1. The number of nitrogens with one attached hydrogen (secondary N) is 2. The molecule has 0 spiro atoms. The van der Waals surface area contributed by atoms with Crippen LogP contribution in [-0.4, -0.2) is 86.8 Å². The quantitative estimate of drug-likeness (QED) is 0.225. The van der Waals surface area contributed by atoms with E-state index < -0.39 is 56.8 Å². The first-order valence-corrected chi connectivity index (χ1v) is 15.4. The molecule has 5 atom stereocenters. The van der Waals surface area contributed by atoms with Crippen LogP contribution in [0.2, 0.25) is 0 Å². The Balaban J connectivity index is 1.47. The number of nitrogens with zero attached hydrogens (tertiary/aromatic N) is 2. The number of benzene rings is 1. The number of phosphoric ester groups is 1. The Kier molecular flexibility index (Phi) is 8.72. The molecule has 3 heterocycles. The van der Waals surface area contributed by atoms with E-state index in [1.54, 1.807) is 24.3 Å². The van der Waals surface area contributed by atoms with Crippen LogP contribution in [0.15, 0.2) is 24.3 Å². The number of aliphatic hydroxyl groups is 1. The van der Waals surface area contributed by atoms with E-state index >= 15 is 0 Å². The lowest BCUT2D eigenvalue weighted by Crippen LogP contribution is -2.53. The first-order valence-electron chi connectivity index (χ1n) is 13.9. The number of aromatic nitrogens is 1. The summed E-state index contributed by atoms with van der Waals surface area (Å²) in [7, 11) is -3.43. The predicted octanol–water partition coefficient (Wildman–Crippen LogP) is 0.530. The minimum absolute atomic E-state index is 0.0411. The van der Waals surface area contributed by atoms with Gasteiger partial charge < -0.3 is 39.7 Å². The van der Waals surface area contributed by atoms with Gasteiger partial charge in [0, 0.05) is 24.4 Å². The molecule has 1 saturated carbocycles. The highest BCUT2D eigenvalue weighted by atomic mass is 31.2. The largest absolute Gasteiger partial charge is 0.496 e. The third kappa shape index (κ3) is 5.95. The van der Waals surface area contributed by atoms with Gasteiger partial charge >= 0.3 is 7.82 Å². The van der Waals surface area contributed by atoms with Gasteiger partial charge in [0.2, 0.25) is 11.8 Å². The van der Waals surface area contributed by atoms with Crippen LogP contribution in [0.3, 0.4) is 0 Å². The zero-order chi connectivity index (χ0) is 30.2. The standard InChI is InChI=1S/C27H35N4O10P/c1-40-23-7-3-6-20-18(23)11-21(31(20)14-41-42(37,38)39)27(36)30-12-16-4-2-5-17(16)24(30)26(35)29-19(22(33)13-32)10-15-8-9-28-25(15)34/h3,6-7,11,15-17,19,24,32H,2,4-5,8-10,12-14H2,1H3,(H,28,34)(H,29,35)(H2,37,38,39)/t15-,16-,17-,19?,24-/m0/s1. The number of aliphatic hydroxyl groups excluding tert-OH is 1. The minimum atomic E-state index is -4.89. The lowest BCUT2D eigenvalue weighted by atomic mass is 9.92. The van der Waals surface area contributed by atoms with Crippen molar-refractivity contribution in [2.24, 2.45) is 17.8 Å². The fourth-order valence-corrected chi connectivity index (χ4v) is 6.94. The van der Waals surface area contributed by atoms with Gasteiger partial charge in [-0.1, -0.05) is 12.5 Å². The molecule has 1 aliphatic carbocycles. The van der Waals surface area contributed by atoms with Gasteiger partial charge in [0.05, 0.1) is 18.7 Å². The molecule has 3 aliphatic rings. The number of hydrogen-bond acceptors (Lipinski definition) is 8. The number of amides is 3. The SMILES string of the molecule is COc1cccc2c1cc(C(=O)N1C[C@@H]3CCC[C@@H]3[C@H]1C(=O)NC(C[C@@H]1CCNC1=O)C(=O)CO)n2COP(=O)(O)O. The van der Waals surface area contributed by atoms with E-state index in [2.05, 4.69) is 10.6 Å². The van der Waals surface area contributed by atoms with Crippen molar-refractivity contribution >= 4 is 42.2 Å². The maximum atomic E-state index is 14.2. The molecule has 5 N–H and O–H groups in total. The van der Waals surface area contributed by atoms with E-state index in [1.807, 2.05) is 0 Å². The van der Waals surface area contributed by atoms with E-state index in [0.29, 0.717) is 36.0 Å². The van der Waals surface area contributed by atoms with Crippen molar-refractivity contribution in [1.82, 2.24) is 20.1 Å². The maximum Gasteiger partial charge on any atom is 0.471 e. The van der Waals surface area contributed by atoms with Crippen LogP contribution in [-0.2, 0) is 30.2 Å². The molecule has 3 amide bonds. The van der Waals surface area contributed by atoms with Gasteiger partial charge in [-0.25, -0.2) is 4.57 Å². The lowest BCUT2D eigenvalue weighted by molar-refractivity contribution is -0.133. The van der Waals surface area contributed by atoms with Gasteiger partial charge in [0.1, 0.15) is 30.8 Å². The van der Waals surface area contributed by atoms with Crippen LogP contribution in [0, 0.1) is 17.8 Å². The summed E-state index contributed by atoms with van der Waals surface area (Å²) >= 11 is 0. The number of phosphoric acid groups is 1. The van der Waals surface area contributed by atoms with Crippen molar-refractivity contribution in [2.75, 3.05) is 26.8 Å². The number of Topliss-reactive ketones (excluding diaryl/α,β-unsaturated/α-hetero) is 1. The summed E-state index contributed by atoms with van der Waals surface area (Å²) < 4.78 is 23.1. The van der Waals surface area contributed by atoms with Crippen molar-refractivity contribution in [2.45, 2.75) is 50.9 Å². The molecule has 0 bridgehead atoms. The Morgan fingerprint density at radius 2 is 2.00 bits per heavy atom. The molecular weight excluding hydrogens is 571 g/mol. The van der Waals surface area contributed by atoms with Crippen LogP contribution in [0.1, 0.15) is 42.6 Å². The van der Waals surface area contributed by atoms with E-state index in [0.717, 1.165) is 12.8 Å². The molecule has 0 radical (unpaired) electrons. The van der Waals surface area contributed by atoms with Crippen molar-refractivity contribution in [3.63, 3.8) is 0 Å². The molecule has 1 aromatic heterocycles. The third-order valence-electron chi connectivity index (χ3n) is 8.66. The normalized spacial score (nSPS) is 24.5. The average Bonchev–Trinajstić information content (AvgIpc) is 3.73.